The Bertz CT molecular complexity index is 1320. The number of carboxylic acid groups (broad SMARTS) is 1. The number of pyridine rings is 1. The standard InChI is InChI=1S/C25H26FN3O4S/c1-3-27-15-18(25(31)32)24(30)17-13-19(26)21(14-20(17)27)28-8-10-29(11-9-28)23(34)12-16-6-4-5-7-22(16)33-2/h4-7,13-15H,3,8-12H2,1-2H3,(H,31,32). The van der Waals surface area contributed by atoms with Crippen LogP contribution in [0.15, 0.2) is 47.4 Å². The third-order valence-corrected chi connectivity index (χ3v) is 6.63. The highest BCUT2D eigenvalue weighted by Crippen LogP contribution is 2.27. The van der Waals surface area contributed by atoms with Crippen LogP contribution in [0.4, 0.5) is 10.1 Å². The highest BCUT2D eigenvalue weighted by atomic mass is 32.1. The van der Waals surface area contributed by atoms with Gasteiger partial charge in [-0.25, -0.2) is 9.18 Å². The Hall–Kier alpha value is -3.46. The summed E-state index contributed by atoms with van der Waals surface area (Å²) in [5.41, 5.74) is 0.898. The molecule has 178 valence electrons. The molecule has 9 heteroatoms. The first-order valence-corrected chi connectivity index (χ1v) is 11.5. The van der Waals surface area contributed by atoms with Gasteiger partial charge in [-0.3, -0.25) is 4.79 Å². The second-order valence-electron chi connectivity index (χ2n) is 8.14. The number of aromatic nitrogens is 1. The number of hydrogen-bond donors (Lipinski definition) is 1. The first-order valence-electron chi connectivity index (χ1n) is 11.1. The molecule has 0 saturated carbocycles. The third kappa shape index (κ3) is 4.48. The molecule has 1 aromatic heterocycles. The molecule has 0 aliphatic carbocycles. The number of rotatable bonds is 6. The smallest absolute Gasteiger partial charge is 0.341 e. The van der Waals surface area contributed by atoms with Crippen LogP contribution in [0.3, 0.4) is 0 Å². The number of thiocarbonyl (C=S) groups is 1. The molecule has 1 saturated heterocycles. The van der Waals surface area contributed by atoms with Gasteiger partial charge in [0.25, 0.3) is 0 Å². The average molecular weight is 484 g/mol. The fraction of sp³-hybridized carbons (Fsp3) is 0.320. The van der Waals surface area contributed by atoms with Crippen molar-refractivity contribution in [2.45, 2.75) is 19.9 Å². The molecule has 1 N–H and O–H groups in total. The summed E-state index contributed by atoms with van der Waals surface area (Å²) in [5, 5.41) is 9.40. The van der Waals surface area contributed by atoms with E-state index < -0.39 is 17.2 Å². The molecule has 7 nitrogen and oxygen atoms in total. The number of nitrogens with zero attached hydrogens (tertiary/aromatic N) is 3. The van der Waals surface area contributed by atoms with Gasteiger partial charge in [-0.1, -0.05) is 30.4 Å². The molecule has 4 rings (SSSR count). The summed E-state index contributed by atoms with van der Waals surface area (Å²) in [5.74, 6) is -1.06. The Balaban J connectivity index is 1.54. The Kier molecular flexibility index (Phi) is 6.83. The summed E-state index contributed by atoms with van der Waals surface area (Å²) in [4.78, 5) is 28.9. The second kappa shape index (κ2) is 9.80. The zero-order valence-corrected chi connectivity index (χ0v) is 19.9. The van der Waals surface area contributed by atoms with Crippen LogP contribution in [0.25, 0.3) is 10.9 Å². The van der Waals surface area contributed by atoms with E-state index in [1.54, 1.807) is 17.7 Å². The largest absolute Gasteiger partial charge is 0.496 e. The van der Waals surface area contributed by atoms with Crippen molar-refractivity contribution < 1.29 is 19.0 Å². The molecule has 3 aromatic rings. The van der Waals surface area contributed by atoms with Crippen molar-refractivity contribution >= 4 is 39.8 Å². The maximum atomic E-state index is 15.1. The maximum absolute atomic E-state index is 15.1. The lowest BCUT2D eigenvalue weighted by Crippen LogP contribution is -2.49. The van der Waals surface area contributed by atoms with Crippen molar-refractivity contribution in [1.29, 1.82) is 0 Å². The minimum absolute atomic E-state index is 0.0691. The van der Waals surface area contributed by atoms with E-state index in [4.69, 9.17) is 17.0 Å². The third-order valence-electron chi connectivity index (χ3n) is 6.23. The van der Waals surface area contributed by atoms with Gasteiger partial charge in [0.05, 0.1) is 23.3 Å². The minimum Gasteiger partial charge on any atom is -0.496 e. The lowest BCUT2D eigenvalue weighted by atomic mass is 10.1. The van der Waals surface area contributed by atoms with Crippen LogP contribution < -0.4 is 15.1 Å². The fourth-order valence-electron chi connectivity index (χ4n) is 4.38. The molecule has 1 aliphatic rings. The number of aromatic carboxylic acids is 1. The first kappa shape index (κ1) is 23.7. The van der Waals surface area contributed by atoms with E-state index in [1.807, 2.05) is 36.1 Å². The number of piperazine rings is 1. The van der Waals surface area contributed by atoms with Gasteiger partial charge >= 0.3 is 5.97 Å². The molecule has 2 heterocycles. The predicted octanol–water partition coefficient (Wildman–Crippen LogP) is 3.56. The molecule has 0 radical (unpaired) electrons. The summed E-state index contributed by atoms with van der Waals surface area (Å²) < 4.78 is 22.2. The van der Waals surface area contributed by atoms with Gasteiger partial charge in [0.2, 0.25) is 5.43 Å². The van der Waals surface area contributed by atoms with Crippen molar-refractivity contribution in [3.8, 4) is 5.75 Å². The number of benzene rings is 2. The summed E-state index contributed by atoms with van der Waals surface area (Å²) in [6, 6.07) is 10.6. The number of ether oxygens (including phenoxy) is 1. The van der Waals surface area contributed by atoms with E-state index in [0.29, 0.717) is 50.3 Å². The van der Waals surface area contributed by atoms with Crippen molar-refractivity contribution in [3.05, 3.63) is 69.8 Å². The summed E-state index contributed by atoms with van der Waals surface area (Å²) in [6.45, 7) is 4.72. The van der Waals surface area contributed by atoms with Gasteiger partial charge in [0.15, 0.2) is 0 Å². The quantitative estimate of drug-likeness (QED) is 0.538. The number of aryl methyl sites for hydroxylation is 1. The van der Waals surface area contributed by atoms with Crippen molar-refractivity contribution in [2.24, 2.45) is 0 Å². The van der Waals surface area contributed by atoms with Crippen LogP contribution in [0.5, 0.6) is 5.75 Å². The minimum atomic E-state index is -1.32. The van der Waals surface area contributed by atoms with Gasteiger partial charge in [-0.2, -0.15) is 0 Å². The molecule has 0 amide bonds. The lowest BCUT2D eigenvalue weighted by molar-refractivity contribution is 0.0695. The van der Waals surface area contributed by atoms with Crippen LogP contribution in [-0.2, 0) is 13.0 Å². The van der Waals surface area contributed by atoms with E-state index in [2.05, 4.69) is 4.90 Å². The SMILES string of the molecule is CCn1cc(C(=O)O)c(=O)c2cc(F)c(N3CCN(C(=S)Cc4ccccc4OC)CC3)cc21. The highest BCUT2D eigenvalue weighted by molar-refractivity contribution is 7.80. The van der Waals surface area contributed by atoms with Crippen LogP contribution in [0, 0.1) is 5.82 Å². The molecule has 0 atom stereocenters. The Morgan fingerprint density at radius 3 is 2.53 bits per heavy atom. The average Bonchev–Trinajstić information content (AvgIpc) is 2.84. The highest BCUT2D eigenvalue weighted by Gasteiger charge is 2.24. The fourth-order valence-corrected chi connectivity index (χ4v) is 4.71. The van der Waals surface area contributed by atoms with Crippen LogP contribution in [-0.4, -0.2) is 58.8 Å². The van der Waals surface area contributed by atoms with Crippen LogP contribution >= 0.6 is 12.2 Å². The van der Waals surface area contributed by atoms with E-state index >= 15 is 4.39 Å². The van der Waals surface area contributed by atoms with E-state index in [9.17, 15) is 14.7 Å². The zero-order chi connectivity index (χ0) is 24.4. The Morgan fingerprint density at radius 1 is 1.18 bits per heavy atom. The van der Waals surface area contributed by atoms with Gasteiger partial charge in [0.1, 0.15) is 17.1 Å². The van der Waals surface area contributed by atoms with Crippen LogP contribution in [0.1, 0.15) is 22.8 Å². The van der Waals surface area contributed by atoms with E-state index in [-0.39, 0.29) is 10.9 Å². The monoisotopic (exact) mass is 483 g/mol. The van der Waals surface area contributed by atoms with Gasteiger partial charge in [-0.15, -0.1) is 0 Å². The molecule has 0 unspecified atom stereocenters. The molecular formula is C25H26FN3O4S. The Morgan fingerprint density at radius 2 is 1.88 bits per heavy atom. The molecule has 1 fully saturated rings. The number of carbonyl (C=O) groups is 1. The summed E-state index contributed by atoms with van der Waals surface area (Å²) in [6.07, 6.45) is 1.92. The molecule has 34 heavy (non-hydrogen) atoms. The Labute approximate surface area is 202 Å². The molecule has 1 aliphatic heterocycles. The number of carboxylic acids is 1. The van der Waals surface area contributed by atoms with E-state index in [0.717, 1.165) is 22.4 Å². The number of para-hydroxylation sites is 1. The first-order chi connectivity index (χ1) is 16.3. The number of hydrogen-bond acceptors (Lipinski definition) is 5. The predicted molar refractivity (Wildman–Crippen MR) is 134 cm³/mol. The van der Waals surface area contributed by atoms with Gasteiger partial charge in [-0.05, 0) is 25.1 Å². The maximum Gasteiger partial charge on any atom is 0.341 e. The topological polar surface area (TPSA) is 75.0 Å². The van der Waals surface area contributed by atoms with Gasteiger partial charge < -0.3 is 24.2 Å². The summed E-state index contributed by atoms with van der Waals surface area (Å²) >= 11 is 5.68. The molecular weight excluding hydrogens is 457 g/mol. The number of methoxy groups -OCH3 is 1. The number of halogens is 1. The lowest BCUT2D eigenvalue weighted by Gasteiger charge is -2.37. The van der Waals surface area contributed by atoms with Crippen molar-refractivity contribution in [2.75, 3.05) is 38.2 Å². The van der Waals surface area contributed by atoms with Crippen molar-refractivity contribution in [1.82, 2.24) is 9.47 Å². The zero-order valence-electron chi connectivity index (χ0n) is 19.1. The van der Waals surface area contributed by atoms with E-state index in [1.165, 1.54) is 6.20 Å². The number of anilines is 1. The molecule has 0 spiro atoms. The molecule has 2 aromatic carbocycles. The normalized spacial score (nSPS) is 13.9. The van der Waals surface area contributed by atoms with Crippen molar-refractivity contribution in [3.63, 3.8) is 0 Å². The second-order valence-corrected chi connectivity index (χ2v) is 8.61. The number of fused-ring (bicyclic) bond motifs is 1. The van der Waals surface area contributed by atoms with Gasteiger partial charge in [0, 0.05) is 56.3 Å². The summed E-state index contributed by atoms with van der Waals surface area (Å²) in [7, 11) is 1.64. The van der Waals surface area contributed by atoms with Crippen LogP contribution in [0.2, 0.25) is 0 Å². The molecule has 0 bridgehead atoms.